The summed E-state index contributed by atoms with van der Waals surface area (Å²) in [7, 11) is -5.08. The zero-order chi connectivity index (χ0) is 32.6. The molecule has 4 aromatic rings. The van der Waals surface area contributed by atoms with Gasteiger partial charge in [-0.15, -0.1) is 0 Å². The van der Waals surface area contributed by atoms with E-state index in [9.17, 15) is 33.2 Å². The number of anilines is 1. The Morgan fingerprint density at radius 3 is 2.76 bits per heavy atom. The maximum Gasteiger partial charge on any atom is 0.472 e. The average molecular weight is 706 g/mol. The number of aromatic nitrogens is 7. The Bertz CT molecular complexity index is 1970. The highest BCUT2D eigenvalue weighted by Crippen LogP contribution is 2.53. The van der Waals surface area contributed by atoms with Gasteiger partial charge in [0, 0.05) is 12.6 Å². The van der Waals surface area contributed by atoms with E-state index in [1.165, 1.54) is 12.7 Å². The van der Waals surface area contributed by atoms with E-state index in [2.05, 4.69) is 37.2 Å². The molecule has 0 saturated carbocycles. The van der Waals surface area contributed by atoms with Crippen LogP contribution in [0.15, 0.2) is 30.0 Å². The van der Waals surface area contributed by atoms with Crippen molar-refractivity contribution in [3.05, 3.63) is 41.3 Å². The van der Waals surface area contributed by atoms with E-state index in [1.54, 1.807) is 4.57 Å². The molecule has 3 saturated heterocycles. The second-order valence-corrected chi connectivity index (χ2v) is 15.0. The SMILES string of the molecule is Nc1ncnc2c1ncn2[C@@H]1O[C@@]2(COP(=O)(O)O[C@@H]3[C@H](O)[C@@H](COP(=O)(O)S)O[C@H]3n3cc(F)c4c(=O)[nH]cnc43)CO[C@@H]1C2. The van der Waals surface area contributed by atoms with Gasteiger partial charge in [-0.05, 0) is 0 Å². The molecule has 7 rings (SSSR count). The lowest BCUT2D eigenvalue weighted by molar-refractivity contribution is -0.181. The number of thiol groups is 1. The minimum atomic E-state index is -5.08. The van der Waals surface area contributed by atoms with Crippen LogP contribution in [0.2, 0.25) is 0 Å². The molecule has 0 aromatic carbocycles. The summed E-state index contributed by atoms with van der Waals surface area (Å²) in [5.74, 6) is -0.842. The van der Waals surface area contributed by atoms with Gasteiger partial charge in [0.05, 0.1) is 32.5 Å². The van der Waals surface area contributed by atoms with Crippen LogP contribution in [0.25, 0.3) is 22.2 Å². The Labute approximate surface area is 260 Å². The second-order valence-electron chi connectivity index (χ2n) is 10.8. The fourth-order valence-corrected chi connectivity index (χ4v) is 7.29. The normalized spacial score (nSPS) is 31.9. The quantitative estimate of drug-likeness (QED) is 0.0946. The standard InChI is InChI=1S/C22H25FN8O12P2S/c23-9-2-30(17-12(9)19(33)28-7-26-17)21-15(14(32)11(41-21)3-39-45(36,37)46)43-44(34,35)40-5-22-1-10(38-4-22)20(42-22)31-8-29-13-16(24)25-6-27-18(13)31/h2,6-8,10-11,14-15,20-21,32H,1,3-5H2,(H,34,35)(H2,24,25,27)(H,26,28,33)(H2,36,37,46)/t10-,11-,14-,15-,20-,21-,22-/m1/s1. The number of phosphoric ester groups is 1. The van der Waals surface area contributed by atoms with Crippen molar-refractivity contribution in [1.82, 2.24) is 34.1 Å². The minimum absolute atomic E-state index is 0.00884. The number of aliphatic hydroxyl groups excluding tert-OH is 1. The number of aliphatic hydroxyl groups is 1. The zero-order valence-electron chi connectivity index (χ0n) is 23.1. The summed E-state index contributed by atoms with van der Waals surface area (Å²) in [6.45, 7) is -5.56. The number of fused-ring (bicyclic) bond motifs is 4. The molecule has 2 bridgehead atoms. The molecule has 3 aliphatic rings. The van der Waals surface area contributed by atoms with E-state index in [0.717, 1.165) is 17.1 Å². The van der Waals surface area contributed by atoms with Crippen molar-refractivity contribution < 1.29 is 56.2 Å². The predicted octanol–water partition coefficient (Wildman–Crippen LogP) is 0.150. The number of nitrogens with one attached hydrogen (secondary N) is 1. The van der Waals surface area contributed by atoms with E-state index >= 15 is 0 Å². The highest BCUT2D eigenvalue weighted by molar-refractivity contribution is 8.44. The van der Waals surface area contributed by atoms with Gasteiger partial charge in [-0.2, -0.15) is 0 Å². The van der Waals surface area contributed by atoms with Crippen molar-refractivity contribution in [3.8, 4) is 0 Å². The van der Waals surface area contributed by atoms with Crippen molar-refractivity contribution in [1.29, 1.82) is 0 Å². The lowest BCUT2D eigenvalue weighted by atomic mass is 10.0. The largest absolute Gasteiger partial charge is 0.472 e. The highest BCUT2D eigenvalue weighted by Gasteiger charge is 2.56. The predicted molar refractivity (Wildman–Crippen MR) is 153 cm³/mol. The van der Waals surface area contributed by atoms with E-state index in [-0.39, 0.29) is 24.5 Å². The van der Waals surface area contributed by atoms with Crippen LogP contribution < -0.4 is 11.3 Å². The molecule has 9 atom stereocenters. The van der Waals surface area contributed by atoms with E-state index < -0.39 is 87.1 Å². The topological polar surface area (TPSA) is 271 Å². The number of H-pyrrole nitrogens is 1. The molecule has 46 heavy (non-hydrogen) atoms. The number of nitrogen functional groups attached to an aromatic ring is 1. The first-order chi connectivity index (χ1) is 21.7. The van der Waals surface area contributed by atoms with Crippen LogP contribution in [0, 0.1) is 5.82 Å². The Balaban J connectivity index is 1.11. The number of ether oxygens (including phenoxy) is 3. The van der Waals surface area contributed by atoms with Crippen molar-refractivity contribution in [3.63, 3.8) is 0 Å². The van der Waals surface area contributed by atoms with Gasteiger partial charge in [0.2, 0.25) is 0 Å². The summed E-state index contributed by atoms with van der Waals surface area (Å²) >= 11 is 3.42. The number of nitrogens with zero attached hydrogens (tertiary/aromatic N) is 6. The number of imidazole rings is 1. The molecule has 0 spiro atoms. The summed E-state index contributed by atoms with van der Waals surface area (Å²) in [6, 6.07) is 0. The third-order valence-electron chi connectivity index (χ3n) is 7.79. The summed E-state index contributed by atoms with van der Waals surface area (Å²) in [5.41, 5.74) is 4.36. The molecule has 2 unspecified atom stereocenters. The number of halogens is 1. The van der Waals surface area contributed by atoms with Crippen molar-refractivity contribution in [2.24, 2.45) is 0 Å². The molecule has 0 radical (unpaired) electrons. The van der Waals surface area contributed by atoms with Gasteiger partial charge in [-0.25, -0.2) is 33.5 Å². The number of nitrogens with two attached hydrogens (primary N) is 1. The lowest BCUT2D eigenvalue weighted by Gasteiger charge is -2.31. The Morgan fingerprint density at radius 1 is 1.17 bits per heavy atom. The van der Waals surface area contributed by atoms with Gasteiger partial charge in [-0.1, -0.05) is 12.2 Å². The first kappa shape index (κ1) is 31.7. The molecule has 24 heteroatoms. The minimum Gasteiger partial charge on any atom is -0.387 e. The monoisotopic (exact) mass is 706 g/mol. The third-order valence-corrected chi connectivity index (χ3v) is 9.59. The van der Waals surface area contributed by atoms with Gasteiger partial charge in [0.25, 0.3) is 5.56 Å². The van der Waals surface area contributed by atoms with Gasteiger partial charge in [0.15, 0.2) is 35.4 Å². The Morgan fingerprint density at radius 2 is 1.98 bits per heavy atom. The molecule has 20 nitrogen and oxygen atoms in total. The molecular weight excluding hydrogens is 681 g/mol. The first-order valence-electron chi connectivity index (χ1n) is 13.4. The van der Waals surface area contributed by atoms with Gasteiger partial charge < -0.3 is 44.4 Å². The fraction of sp³-hybridized carbons (Fsp3) is 0.500. The number of hydrogen-bond acceptors (Lipinski definition) is 15. The summed E-state index contributed by atoms with van der Waals surface area (Å²) in [4.78, 5) is 51.0. The number of phosphoric acid groups is 1. The Hall–Kier alpha value is -2.85. The number of aromatic amines is 1. The molecule has 3 fully saturated rings. The smallest absolute Gasteiger partial charge is 0.387 e. The van der Waals surface area contributed by atoms with Crippen LogP contribution in [0.5, 0.6) is 0 Å². The summed E-state index contributed by atoms with van der Waals surface area (Å²) in [6.07, 6.45) is -3.04. The second kappa shape index (κ2) is 11.4. The molecule has 7 heterocycles. The Kier molecular flexibility index (Phi) is 7.86. The fourth-order valence-electron chi connectivity index (χ4n) is 5.76. The third kappa shape index (κ3) is 5.67. The van der Waals surface area contributed by atoms with E-state index in [4.69, 9.17) is 33.5 Å². The van der Waals surface area contributed by atoms with Crippen LogP contribution in [0.4, 0.5) is 10.2 Å². The lowest BCUT2D eigenvalue weighted by Crippen LogP contribution is -2.40. The van der Waals surface area contributed by atoms with E-state index in [0.29, 0.717) is 11.2 Å². The molecule has 3 aliphatic heterocycles. The molecule has 6 N–H and O–H groups in total. The molecule has 0 aliphatic carbocycles. The highest BCUT2D eigenvalue weighted by atomic mass is 32.7. The number of rotatable bonds is 10. The molecule has 248 valence electrons. The van der Waals surface area contributed by atoms with Crippen LogP contribution in [-0.4, -0.2) is 98.8 Å². The maximum atomic E-state index is 14.8. The van der Waals surface area contributed by atoms with E-state index in [1.807, 2.05) is 0 Å². The van der Waals surface area contributed by atoms with Gasteiger partial charge in [0.1, 0.15) is 47.2 Å². The maximum absolute atomic E-state index is 14.8. The molecule has 0 amide bonds. The summed E-state index contributed by atoms with van der Waals surface area (Å²) < 4.78 is 75.5. The van der Waals surface area contributed by atoms with Gasteiger partial charge >= 0.3 is 14.6 Å². The van der Waals surface area contributed by atoms with Crippen LogP contribution in [-0.2, 0) is 36.9 Å². The van der Waals surface area contributed by atoms with Crippen LogP contribution in [0.1, 0.15) is 18.9 Å². The number of hydrogen-bond donors (Lipinski definition) is 6. The van der Waals surface area contributed by atoms with Crippen LogP contribution >= 0.6 is 26.9 Å². The van der Waals surface area contributed by atoms with Crippen molar-refractivity contribution in [2.45, 2.75) is 48.9 Å². The summed E-state index contributed by atoms with van der Waals surface area (Å²) in [5, 5.41) is 10.6. The van der Waals surface area contributed by atoms with Crippen molar-refractivity contribution >= 4 is 54.9 Å². The zero-order valence-corrected chi connectivity index (χ0v) is 25.8. The average Bonchev–Trinajstić information content (AvgIpc) is 3.80. The van der Waals surface area contributed by atoms with Gasteiger partial charge in [-0.3, -0.25) is 22.9 Å². The molecular formula is C22H25FN8O12P2S. The van der Waals surface area contributed by atoms with Crippen molar-refractivity contribution in [2.75, 3.05) is 25.6 Å². The van der Waals surface area contributed by atoms with Crippen LogP contribution in [0.3, 0.4) is 0 Å². The first-order valence-corrected chi connectivity index (χ1v) is 17.6. The molecule has 4 aromatic heterocycles.